The van der Waals surface area contributed by atoms with Gasteiger partial charge >= 0.3 is 5.97 Å². The summed E-state index contributed by atoms with van der Waals surface area (Å²) in [6, 6.07) is 2.85. The van der Waals surface area contributed by atoms with Crippen LogP contribution < -0.4 is 5.32 Å². The normalized spacial score (nSPS) is 9.67. The van der Waals surface area contributed by atoms with Crippen LogP contribution in [0.5, 0.6) is 0 Å². The van der Waals surface area contributed by atoms with Gasteiger partial charge in [-0.25, -0.2) is 4.79 Å². The Kier molecular flexibility index (Phi) is 3.79. The Bertz CT molecular complexity index is 377. The van der Waals surface area contributed by atoms with E-state index in [9.17, 15) is 9.59 Å². The molecule has 0 radical (unpaired) electrons. The summed E-state index contributed by atoms with van der Waals surface area (Å²) in [7, 11) is 0. The fraction of sp³-hybridized carbons (Fsp3) is 0.300. The molecule has 0 bridgehead atoms. The molecule has 15 heavy (non-hydrogen) atoms. The van der Waals surface area contributed by atoms with Crippen molar-refractivity contribution in [2.45, 2.75) is 19.9 Å². The highest BCUT2D eigenvalue weighted by atomic mass is 16.4. The molecule has 0 spiro atoms. The third-order valence-corrected chi connectivity index (χ3v) is 1.85. The van der Waals surface area contributed by atoms with Crippen LogP contribution in [0.4, 0.5) is 0 Å². The highest BCUT2D eigenvalue weighted by Crippen LogP contribution is 2.01. The lowest BCUT2D eigenvalue weighted by atomic mass is 10.2. The zero-order chi connectivity index (χ0) is 11.3. The number of rotatable bonds is 4. The zero-order valence-corrected chi connectivity index (χ0v) is 8.36. The van der Waals surface area contributed by atoms with Crippen LogP contribution in [0.25, 0.3) is 0 Å². The fourth-order valence-electron chi connectivity index (χ4n) is 1.02. The number of nitrogens with zero attached hydrogens (tertiary/aromatic N) is 1. The second kappa shape index (κ2) is 5.09. The van der Waals surface area contributed by atoms with Crippen LogP contribution in [0.15, 0.2) is 18.3 Å². The molecule has 1 amide bonds. The van der Waals surface area contributed by atoms with E-state index in [1.165, 1.54) is 18.3 Å². The molecule has 0 unspecified atom stereocenters. The number of pyridine rings is 1. The van der Waals surface area contributed by atoms with Gasteiger partial charge in [0.2, 0.25) is 5.91 Å². The number of carbonyl (C=O) groups excluding carboxylic acids is 1. The minimum absolute atomic E-state index is 0.0856. The van der Waals surface area contributed by atoms with Crippen molar-refractivity contribution in [3.05, 3.63) is 29.6 Å². The van der Waals surface area contributed by atoms with Crippen LogP contribution in [0.1, 0.15) is 29.4 Å². The second-order valence-corrected chi connectivity index (χ2v) is 2.97. The lowest BCUT2D eigenvalue weighted by Gasteiger charge is -2.03. The highest BCUT2D eigenvalue weighted by molar-refractivity contribution is 5.87. The Morgan fingerprint density at radius 2 is 2.27 bits per heavy atom. The predicted octanol–water partition coefficient (Wildman–Crippen LogP) is 0.806. The Morgan fingerprint density at radius 3 is 2.87 bits per heavy atom. The molecule has 0 aliphatic rings. The lowest BCUT2D eigenvalue weighted by molar-refractivity contribution is -0.120. The molecule has 0 aromatic carbocycles. The summed E-state index contributed by atoms with van der Waals surface area (Å²) in [5, 5.41) is 11.3. The third kappa shape index (κ3) is 3.38. The lowest BCUT2D eigenvalue weighted by Crippen LogP contribution is -2.22. The Balaban J connectivity index is 2.66. The van der Waals surface area contributed by atoms with E-state index in [0.29, 0.717) is 12.1 Å². The number of aromatic nitrogens is 1. The van der Waals surface area contributed by atoms with Crippen LogP contribution in [-0.4, -0.2) is 22.0 Å². The smallest absolute Gasteiger partial charge is 0.335 e. The maximum atomic E-state index is 10.9. The number of carboxylic acid groups (broad SMARTS) is 1. The fourth-order valence-corrected chi connectivity index (χ4v) is 1.02. The average molecular weight is 208 g/mol. The molecule has 5 heteroatoms. The first-order chi connectivity index (χ1) is 7.13. The molecule has 0 atom stereocenters. The van der Waals surface area contributed by atoms with Crippen molar-refractivity contribution in [1.29, 1.82) is 0 Å². The van der Waals surface area contributed by atoms with Crippen molar-refractivity contribution in [3.63, 3.8) is 0 Å². The quantitative estimate of drug-likeness (QED) is 0.767. The largest absolute Gasteiger partial charge is 0.478 e. The van der Waals surface area contributed by atoms with Crippen molar-refractivity contribution in [2.24, 2.45) is 0 Å². The van der Waals surface area contributed by atoms with Gasteiger partial charge in [0.05, 0.1) is 17.8 Å². The molecule has 0 saturated heterocycles. The average Bonchev–Trinajstić information content (AvgIpc) is 2.26. The molecule has 0 aliphatic carbocycles. The Labute approximate surface area is 87.1 Å². The van der Waals surface area contributed by atoms with E-state index in [1.807, 2.05) is 0 Å². The van der Waals surface area contributed by atoms with Gasteiger partial charge in [0.15, 0.2) is 0 Å². The van der Waals surface area contributed by atoms with E-state index in [0.717, 1.165) is 0 Å². The predicted molar refractivity (Wildman–Crippen MR) is 53.3 cm³/mol. The second-order valence-electron chi connectivity index (χ2n) is 2.97. The molecule has 80 valence electrons. The van der Waals surface area contributed by atoms with Crippen LogP contribution in [0.2, 0.25) is 0 Å². The maximum absolute atomic E-state index is 10.9. The van der Waals surface area contributed by atoms with E-state index in [2.05, 4.69) is 10.3 Å². The summed E-state index contributed by atoms with van der Waals surface area (Å²) in [4.78, 5) is 25.5. The monoisotopic (exact) mass is 208 g/mol. The van der Waals surface area contributed by atoms with E-state index >= 15 is 0 Å². The molecule has 1 rings (SSSR count). The van der Waals surface area contributed by atoms with Gasteiger partial charge in [0.25, 0.3) is 0 Å². The molecular formula is C10H12N2O3. The van der Waals surface area contributed by atoms with Crippen molar-refractivity contribution in [1.82, 2.24) is 10.3 Å². The number of carbonyl (C=O) groups is 2. The number of hydrogen-bond donors (Lipinski definition) is 2. The number of aromatic carboxylic acids is 1. The first-order valence-corrected chi connectivity index (χ1v) is 4.58. The van der Waals surface area contributed by atoms with Crippen molar-refractivity contribution in [2.75, 3.05) is 0 Å². The van der Waals surface area contributed by atoms with Crippen molar-refractivity contribution < 1.29 is 14.7 Å². The molecule has 1 aromatic heterocycles. The van der Waals surface area contributed by atoms with Gasteiger partial charge in [-0.05, 0) is 12.1 Å². The summed E-state index contributed by atoms with van der Waals surface area (Å²) in [6.07, 6.45) is 1.81. The highest BCUT2D eigenvalue weighted by Gasteiger charge is 2.04. The molecule has 0 fully saturated rings. The van der Waals surface area contributed by atoms with Crippen LogP contribution in [0.3, 0.4) is 0 Å². The minimum Gasteiger partial charge on any atom is -0.478 e. The first kappa shape index (κ1) is 11.2. The van der Waals surface area contributed by atoms with Crippen LogP contribution >= 0.6 is 0 Å². The Hall–Kier alpha value is -1.91. The standard InChI is InChI=1S/C10H12N2O3/c1-2-9(13)12-6-8-5-7(10(14)15)3-4-11-8/h3-5H,2,6H2,1H3,(H,12,13)(H,14,15). The number of carboxylic acids is 1. The molecular weight excluding hydrogens is 196 g/mol. The van der Waals surface area contributed by atoms with E-state index in [4.69, 9.17) is 5.11 Å². The van der Waals surface area contributed by atoms with Gasteiger partial charge in [-0.3, -0.25) is 9.78 Å². The molecule has 1 heterocycles. The maximum Gasteiger partial charge on any atom is 0.335 e. The zero-order valence-electron chi connectivity index (χ0n) is 8.36. The SMILES string of the molecule is CCC(=O)NCc1cc(C(=O)O)ccn1. The van der Waals surface area contributed by atoms with Crippen LogP contribution in [0, 0.1) is 0 Å². The minimum atomic E-state index is -1.000. The van der Waals surface area contributed by atoms with Gasteiger partial charge in [0.1, 0.15) is 0 Å². The summed E-state index contributed by atoms with van der Waals surface area (Å²) in [6.45, 7) is 2.00. The molecule has 0 aliphatic heterocycles. The summed E-state index contributed by atoms with van der Waals surface area (Å²) >= 11 is 0. The van der Waals surface area contributed by atoms with Gasteiger partial charge in [-0.2, -0.15) is 0 Å². The third-order valence-electron chi connectivity index (χ3n) is 1.85. The van der Waals surface area contributed by atoms with E-state index in [1.54, 1.807) is 6.92 Å². The number of amides is 1. The summed E-state index contributed by atoms with van der Waals surface area (Å²) in [5.41, 5.74) is 0.711. The number of nitrogens with one attached hydrogen (secondary N) is 1. The first-order valence-electron chi connectivity index (χ1n) is 4.58. The molecule has 5 nitrogen and oxygen atoms in total. The molecule has 1 aromatic rings. The van der Waals surface area contributed by atoms with Gasteiger partial charge in [-0.15, -0.1) is 0 Å². The molecule has 2 N–H and O–H groups in total. The summed E-state index contributed by atoms with van der Waals surface area (Å²) in [5.74, 6) is -1.09. The van der Waals surface area contributed by atoms with Gasteiger partial charge < -0.3 is 10.4 Å². The molecule has 0 saturated carbocycles. The summed E-state index contributed by atoms with van der Waals surface area (Å²) < 4.78 is 0. The van der Waals surface area contributed by atoms with Gasteiger partial charge in [0, 0.05) is 12.6 Å². The van der Waals surface area contributed by atoms with E-state index < -0.39 is 5.97 Å². The van der Waals surface area contributed by atoms with Crippen LogP contribution in [-0.2, 0) is 11.3 Å². The number of hydrogen-bond acceptors (Lipinski definition) is 3. The Morgan fingerprint density at radius 1 is 1.53 bits per heavy atom. The van der Waals surface area contributed by atoms with E-state index in [-0.39, 0.29) is 18.0 Å². The van der Waals surface area contributed by atoms with Crippen molar-refractivity contribution >= 4 is 11.9 Å². The van der Waals surface area contributed by atoms with Gasteiger partial charge in [-0.1, -0.05) is 6.92 Å². The topological polar surface area (TPSA) is 79.3 Å². The van der Waals surface area contributed by atoms with Crippen molar-refractivity contribution in [3.8, 4) is 0 Å².